The third-order valence-corrected chi connectivity index (χ3v) is 5.54. The molecule has 0 bridgehead atoms. The van der Waals surface area contributed by atoms with Crippen LogP contribution < -0.4 is 5.32 Å². The summed E-state index contributed by atoms with van der Waals surface area (Å²) in [5.74, 6) is 1.21. The van der Waals surface area contributed by atoms with Crippen molar-refractivity contribution in [1.82, 2.24) is 20.4 Å². The van der Waals surface area contributed by atoms with Gasteiger partial charge in [0.2, 0.25) is 0 Å². The number of aromatic nitrogens is 2. The third-order valence-electron chi connectivity index (χ3n) is 5.54. The fraction of sp³-hybridized carbons (Fsp3) is 0.318. The summed E-state index contributed by atoms with van der Waals surface area (Å²) in [5, 5.41) is 7.68. The topological polar surface area (TPSA) is 97.5 Å². The van der Waals surface area contributed by atoms with Gasteiger partial charge in [-0.15, -0.1) is 0 Å². The highest BCUT2D eigenvalue weighted by Gasteiger charge is 2.27. The number of fused-ring (bicyclic) bond motifs is 1. The smallest absolute Gasteiger partial charge is 0.259 e. The Morgan fingerprint density at radius 3 is 2.73 bits per heavy atom. The first-order valence-electron chi connectivity index (χ1n) is 10.1. The van der Waals surface area contributed by atoms with E-state index in [1.54, 1.807) is 37.6 Å². The normalized spacial score (nSPS) is 15.6. The minimum absolute atomic E-state index is 0.00288. The third kappa shape index (κ3) is 3.39. The molecule has 0 aliphatic carbocycles. The van der Waals surface area contributed by atoms with Crippen molar-refractivity contribution < 1.29 is 18.2 Å². The number of carbonyl (C=O) groups excluding carboxylic acids is 1. The Morgan fingerprint density at radius 1 is 1.20 bits per heavy atom. The van der Waals surface area contributed by atoms with Crippen molar-refractivity contribution in [3.63, 3.8) is 0 Å². The summed E-state index contributed by atoms with van der Waals surface area (Å²) in [7, 11) is 0. The quantitative estimate of drug-likeness (QED) is 0.518. The number of furan rings is 2. The lowest BCUT2D eigenvalue weighted by molar-refractivity contribution is 0.0935. The molecule has 1 fully saturated rings. The number of hydrogen-bond donors (Lipinski definition) is 1. The van der Waals surface area contributed by atoms with Crippen LogP contribution in [0.4, 0.5) is 0 Å². The molecular weight excluding hydrogens is 384 g/mol. The second kappa shape index (κ2) is 7.79. The first kappa shape index (κ1) is 18.6. The molecule has 4 aromatic heterocycles. The number of nitrogens with one attached hydrogen (secondary N) is 1. The fourth-order valence-electron chi connectivity index (χ4n) is 4.05. The fourth-order valence-corrected chi connectivity index (χ4v) is 4.05. The van der Waals surface area contributed by atoms with Crippen LogP contribution in [0, 0.1) is 6.92 Å². The van der Waals surface area contributed by atoms with Gasteiger partial charge in [-0.05, 0) is 63.2 Å². The van der Waals surface area contributed by atoms with Crippen molar-refractivity contribution in [1.29, 1.82) is 0 Å². The Balaban J connectivity index is 1.44. The second-order valence-electron chi connectivity index (χ2n) is 7.46. The molecule has 1 atom stereocenters. The lowest BCUT2D eigenvalue weighted by Crippen LogP contribution is -2.36. The van der Waals surface area contributed by atoms with E-state index < -0.39 is 0 Å². The van der Waals surface area contributed by atoms with Gasteiger partial charge in [0.05, 0.1) is 35.2 Å². The summed E-state index contributed by atoms with van der Waals surface area (Å²) < 4.78 is 16.4. The average Bonchev–Trinajstić information content (AvgIpc) is 3.55. The molecule has 1 saturated heterocycles. The van der Waals surface area contributed by atoms with Gasteiger partial charge in [0.15, 0.2) is 5.76 Å². The molecule has 0 aromatic carbocycles. The van der Waals surface area contributed by atoms with Crippen molar-refractivity contribution in [2.24, 2.45) is 0 Å². The van der Waals surface area contributed by atoms with Crippen LogP contribution in [-0.2, 0) is 0 Å². The van der Waals surface area contributed by atoms with Crippen molar-refractivity contribution in [3.8, 4) is 11.5 Å². The monoisotopic (exact) mass is 406 g/mol. The van der Waals surface area contributed by atoms with Crippen LogP contribution in [0.15, 0.2) is 56.2 Å². The van der Waals surface area contributed by atoms with E-state index in [-0.39, 0.29) is 11.9 Å². The number of rotatable bonds is 6. The number of nitrogens with zero attached hydrogens (tertiary/aromatic N) is 3. The average molecular weight is 406 g/mol. The number of pyridine rings is 1. The van der Waals surface area contributed by atoms with E-state index >= 15 is 0 Å². The Kier molecular flexibility index (Phi) is 4.84. The summed E-state index contributed by atoms with van der Waals surface area (Å²) in [6.45, 7) is 4.23. The van der Waals surface area contributed by atoms with E-state index in [0.717, 1.165) is 31.7 Å². The van der Waals surface area contributed by atoms with Crippen LogP contribution >= 0.6 is 0 Å². The van der Waals surface area contributed by atoms with Gasteiger partial charge in [-0.25, -0.2) is 4.98 Å². The van der Waals surface area contributed by atoms with Crippen LogP contribution in [-0.4, -0.2) is 40.6 Å². The van der Waals surface area contributed by atoms with Gasteiger partial charge in [0.1, 0.15) is 11.5 Å². The zero-order valence-corrected chi connectivity index (χ0v) is 16.6. The van der Waals surface area contributed by atoms with Crippen LogP contribution in [0.1, 0.15) is 40.7 Å². The van der Waals surface area contributed by atoms with Crippen LogP contribution in [0.5, 0.6) is 0 Å². The van der Waals surface area contributed by atoms with Gasteiger partial charge in [-0.1, -0.05) is 5.16 Å². The molecule has 1 amide bonds. The van der Waals surface area contributed by atoms with Gasteiger partial charge in [0.25, 0.3) is 11.6 Å². The van der Waals surface area contributed by atoms with Gasteiger partial charge >= 0.3 is 0 Å². The standard InChI is InChI=1S/C22H22N4O4/c1-14-20-15(12-16(18-6-4-10-28-18)24-22(20)30-25-14)21(27)23-13-17(19-7-5-11-29-19)26-8-2-3-9-26/h4-7,10-12,17H,2-3,8-9,13H2,1H3,(H,23,27). The summed E-state index contributed by atoms with van der Waals surface area (Å²) in [6, 6.07) is 9.12. The minimum Gasteiger partial charge on any atom is -0.468 e. The molecule has 30 heavy (non-hydrogen) atoms. The van der Waals surface area contributed by atoms with Gasteiger partial charge in [-0.2, -0.15) is 0 Å². The molecule has 0 spiro atoms. The molecule has 4 aromatic rings. The minimum atomic E-state index is -0.211. The molecule has 1 aliphatic heterocycles. The maximum absolute atomic E-state index is 13.2. The molecule has 154 valence electrons. The molecule has 8 heteroatoms. The highest BCUT2D eigenvalue weighted by Crippen LogP contribution is 2.28. The van der Waals surface area contributed by atoms with Gasteiger partial charge < -0.3 is 18.7 Å². The first-order chi connectivity index (χ1) is 14.7. The predicted molar refractivity (Wildman–Crippen MR) is 109 cm³/mol. The predicted octanol–water partition coefficient (Wildman–Crippen LogP) is 3.95. The summed E-state index contributed by atoms with van der Waals surface area (Å²) >= 11 is 0. The molecule has 5 rings (SSSR count). The highest BCUT2D eigenvalue weighted by molar-refractivity contribution is 6.06. The molecule has 1 unspecified atom stereocenters. The van der Waals surface area contributed by atoms with E-state index in [1.807, 2.05) is 12.1 Å². The lowest BCUT2D eigenvalue weighted by atomic mass is 10.1. The summed E-state index contributed by atoms with van der Waals surface area (Å²) in [6.07, 6.45) is 5.55. The maximum atomic E-state index is 13.2. The van der Waals surface area contributed by atoms with Crippen molar-refractivity contribution in [2.45, 2.75) is 25.8 Å². The number of amides is 1. The number of likely N-dealkylation sites (tertiary alicyclic amines) is 1. The number of carbonyl (C=O) groups is 1. The second-order valence-corrected chi connectivity index (χ2v) is 7.46. The van der Waals surface area contributed by atoms with Crippen LogP contribution in [0.2, 0.25) is 0 Å². The van der Waals surface area contributed by atoms with Crippen molar-refractivity contribution >= 4 is 17.0 Å². The number of aryl methyl sites for hydroxylation is 1. The Bertz CT molecular complexity index is 1140. The Labute approximate surface area is 172 Å². The van der Waals surface area contributed by atoms with E-state index in [2.05, 4.69) is 20.4 Å². The van der Waals surface area contributed by atoms with Gasteiger partial charge in [0, 0.05) is 6.54 Å². The molecular formula is C22H22N4O4. The SMILES string of the molecule is Cc1noc2nc(-c3ccco3)cc(C(=O)NCC(c3ccco3)N3CCCC3)c12. The van der Waals surface area contributed by atoms with E-state index in [4.69, 9.17) is 13.4 Å². The van der Waals surface area contributed by atoms with Crippen LogP contribution in [0.3, 0.4) is 0 Å². The molecule has 1 aliphatic rings. The van der Waals surface area contributed by atoms with Crippen molar-refractivity contribution in [3.05, 3.63) is 59.9 Å². The first-order valence-corrected chi connectivity index (χ1v) is 10.1. The highest BCUT2D eigenvalue weighted by atomic mass is 16.5. The van der Waals surface area contributed by atoms with Crippen molar-refractivity contribution in [2.75, 3.05) is 19.6 Å². The summed E-state index contributed by atoms with van der Waals surface area (Å²) in [5.41, 5.74) is 1.92. The Hall–Kier alpha value is -3.39. The molecule has 1 N–H and O–H groups in total. The van der Waals surface area contributed by atoms with Gasteiger partial charge in [-0.3, -0.25) is 9.69 Å². The molecule has 8 nitrogen and oxygen atoms in total. The number of hydrogen-bond acceptors (Lipinski definition) is 7. The lowest BCUT2D eigenvalue weighted by Gasteiger charge is -2.26. The molecule has 0 saturated carbocycles. The van der Waals surface area contributed by atoms with E-state index in [1.165, 1.54) is 0 Å². The van der Waals surface area contributed by atoms with Crippen LogP contribution in [0.25, 0.3) is 22.6 Å². The Morgan fingerprint density at radius 2 is 2.00 bits per heavy atom. The van der Waals surface area contributed by atoms with E-state index in [0.29, 0.717) is 40.4 Å². The maximum Gasteiger partial charge on any atom is 0.259 e. The molecule has 5 heterocycles. The molecule has 0 radical (unpaired) electrons. The summed E-state index contributed by atoms with van der Waals surface area (Å²) in [4.78, 5) is 20.0. The zero-order valence-electron chi connectivity index (χ0n) is 16.6. The largest absolute Gasteiger partial charge is 0.468 e. The zero-order chi connectivity index (χ0) is 20.5. The van der Waals surface area contributed by atoms with E-state index in [9.17, 15) is 4.79 Å².